The highest BCUT2D eigenvalue weighted by Crippen LogP contribution is 2.15. The average Bonchev–Trinajstić information content (AvgIpc) is 2.13. The molecule has 2 heteroatoms. The van der Waals surface area contributed by atoms with E-state index in [1.165, 1.54) is 0 Å². The van der Waals surface area contributed by atoms with Crippen molar-refractivity contribution in [2.24, 2.45) is 11.7 Å². The largest absolute Gasteiger partial charge is 0.385 e. The number of nitrogens with zero attached hydrogens (tertiary/aromatic N) is 1. The second kappa shape index (κ2) is 6.30. The average molecular weight is 194 g/mol. The molecule has 0 bridgehead atoms. The molecule has 0 saturated carbocycles. The molecule has 0 atom stereocenters. The second-order valence-electron chi connectivity index (χ2n) is 3.81. The van der Waals surface area contributed by atoms with Crippen LogP contribution in [0.4, 0.5) is 0 Å². The summed E-state index contributed by atoms with van der Waals surface area (Å²) < 4.78 is 0. The van der Waals surface area contributed by atoms with Crippen LogP contribution >= 0.6 is 0 Å². The fourth-order valence-corrected chi connectivity index (χ4v) is 1.26. The topological polar surface area (TPSA) is 29.3 Å². The summed E-state index contributed by atoms with van der Waals surface area (Å²) in [6.07, 6.45) is 6.72. The van der Waals surface area contributed by atoms with E-state index in [9.17, 15) is 0 Å². The summed E-state index contributed by atoms with van der Waals surface area (Å²) in [5.74, 6) is 1.38. The highest BCUT2D eigenvalue weighted by Gasteiger charge is 2.05. The molecule has 0 aromatic rings. The molecule has 0 heterocycles. The van der Waals surface area contributed by atoms with Crippen LogP contribution in [0.2, 0.25) is 0 Å². The van der Waals surface area contributed by atoms with E-state index in [1.807, 2.05) is 37.2 Å². The molecule has 0 radical (unpaired) electrons. The molecule has 0 unspecified atom stereocenters. The molecule has 0 fully saturated rings. The van der Waals surface area contributed by atoms with Crippen molar-refractivity contribution in [2.75, 3.05) is 7.05 Å². The minimum absolute atomic E-state index is 0.598. The summed E-state index contributed by atoms with van der Waals surface area (Å²) in [7, 11) is 1.94. The van der Waals surface area contributed by atoms with E-state index in [1.54, 1.807) is 0 Å². The second-order valence-corrected chi connectivity index (χ2v) is 3.81. The number of nitrogens with two attached hydrogens (primary N) is 1. The maximum atomic E-state index is 5.99. The normalized spacial score (nSPS) is 13.2. The van der Waals surface area contributed by atoms with Gasteiger partial charge in [-0.3, -0.25) is 0 Å². The van der Waals surface area contributed by atoms with Crippen molar-refractivity contribution in [3.05, 3.63) is 36.3 Å². The molecule has 14 heavy (non-hydrogen) atoms. The molecular formula is C12H22N2. The minimum Gasteiger partial charge on any atom is -0.385 e. The summed E-state index contributed by atoms with van der Waals surface area (Å²) in [4.78, 5) is 1.92. The zero-order valence-electron chi connectivity index (χ0n) is 9.75. The highest BCUT2D eigenvalue weighted by atomic mass is 15.2. The first-order valence-corrected chi connectivity index (χ1v) is 4.99. The lowest BCUT2D eigenvalue weighted by Gasteiger charge is -2.18. The molecule has 0 aliphatic rings. The SMILES string of the molecule is C=C/C(CC(C)C)=C(/N)N(C)/C=C\C. The van der Waals surface area contributed by atoms with E-state index in [0.717, 1.165) is 17.8 Å². The Balaban J connectivity index is 4.72. The van der Waals surface area contributed by atoms with Gasteiger partial charge in [0.15, 0.2) is 0 Å². The minimum atomic E-state index is 0.598. The lowest BCUT2D eigenvalue weighted by Crippen LogP contribution is -2.20. The molecule has 0 spiro atoms. The molecule has 0 amide bonds. The van der Waals surface area contributed by atoms with Gasteiger partial charge in [-0.05, 0) is 24.8 Å². The fraction of sp³-hybridized carbons (Fsp3) is 0.500. The van der Waals surface area contributed by atoms with Gasteiger partial charge in [-0.2, -0.15) is 0 Å². The van der Waals surface area contributed by atoms with Crippen LogP contribution in [-0.2, 0) is 0 Å². The molecule has 0 aliphatic heterocycles. The van der Waals surface area contributed by atoms with Crippen molar-refractivity contribution in [3.63, 3.8) is 0 Å². The Labute approximate surface area is 87.8 Å². The van der Waals surface area contributed by atoms with E-state index in [0.29, 0.717) is 5.92 Å². The van der Waals surface area contributed by atoms with Crippen molar-refractivity contribution in [2.45, 2.75) is 27.2 Å². The lowest BCUT2D eigenvalue weighted by atomic mass is 10.0. The molecule has 0 rings (SSSR count). The van der Waals surface area contributed by atoms with Gasteiger partial charge in [0, 0.05) is 13.2 Å². The summed E-state index contributed by atoms with van der Waals surface area (Å²) in [5.41, 5.74) is 7.10. The smallest absolute Gasteiger partial charge is 0.106 e. The van der Waals surface area contributed by atoms with Crippen LogP contribution in [0.5, 0.6) is 0 Å². The zero-order valence-corrected chi connectivity index (χ0v) is 9.75. The predicted molar refractivity (Wildman–Crippen MR) is 63.4 cm³/mol. The Morgan fingerprint density at radius 2 is 2.07 bits per heavy atom. The van der Waals surface area contributed by atoms with Gasteiger partial charge in [-0.25, -0.2) is 0 Å². The predicted octanol–water partition coefficient (Wildman–Crippen LogP) is 2.85. The third kappa shape index (κ3) is 4.17. The van der Waals surface area contributed by atoms with Crippen LogP contribution in [0.3, 0.4) is 0 Å². The van der Waals surface area contributed by atoms with Gasteiger partial charge in [0.2, 0.25) is 0 Å². The van der Waals surface area contributed by atoms with E-state index in [4.69, 9.17) is 5.73 Å². The first kappa shape index (κ1) is 12.8. The van der Waals surface area contributed by atoms with E-state index in [2.05, 4.69) is 20.4 Å². The van der Waals surface area contributed by atoms with Gasteiger partial charge in [-0.1, -0.05) is 32.6 Å². The van der Waals surface area contributed by atoms with Crippen LogP contribution in [0.15, 0.2) is 36.3 Å². The first-order valence-electron chi connectivity index (χ1n) is 4.99. The Hall–Kier alpha value is -1.18. The van der Waals surface area contributed by atoms with Crippen molar-refractivity contribution in [1.29, 1.82) is 0 Å². The highest BCUT2D eigenvalue weighted by molar-refractivity contribution is 5.22. The van der Waals surface area contributed by atoms with Gasteiger partial charge in [0.05, 0.1) is 0 Å². The summed E-state index contributed by atoms with van der Waals surface area (Å²) in [6.45, 7) is 10.1. The molecule has 0 aromatic carbocycles. The number of hydrogen-bond donors (Lipinski definition) is 1. The Morgan fingerprint density at radius 3 is 2.43 bits per heavy atom. The number of hydrogen-bond acceptors (Lipinski definition) is 2. The standard InChI is InChI=1S/C12H22N2/c1-6-8-14(5)12(13)11(7-2)9-10(3)4/h6-8,10H,2,9,13H2,1,3-5H3/b8-6-,12-11+. The monoisotopic (exact) mass is 194 g/mol. The number of rotatable bonds is 5. The van der Waals surface area contributed by atoms with Crippen molar-refractivity contribution in [3.8, 4) is 0 Å². The molecule has 0 aliphatic carbocycles. The summed E-state index contributed by atoms with van der Waals surface area (Å²) >= 11 is 0. The maximum Gasteiger partial charge on any atom is 0.106 e. The molecule has 0 saturated heterocycles. The van der Waals surface area contributed by atoms with Crippen LogP contribution in [0.1, 0.15) is 27.2 Å². The van der Waals surface area contributed by atoms with Crippen molar-refractivity contribution in [1.82, 2.24) is 4.90 Å². The Kier molecular flexibility index (Phi) is 5.77. The van der Waals surface area contributed by atoms with Crippen LogP contribution in [-0.4, -0.2) is 11.9 Å². The Morgan fingerprint density at radius 1 is 1.50 bits per heavy atom. The van der Waals surface area contributed by atoms with E-state index in [-0.39, 0.29) is 0 Å². The van der Waals surface area contributed by atoms with Crippen molar-refractivity contribution < 1.29 is 0 Å². The van der Waals surface area contributed by atoms with Crippen LogP contribution < -0.4 is 5.73 Å². The van der Waals surface area contributed by atoms with Gasteiger partial charge in [0.25, 0.3) is 0 Å². The van der Waals surface area contributed by atoms with Gasteiger partial charge in [-0.15, -0.1) is 0 Å². The summed E-state index contributed by atoms with van der Waals surface area (Å²) in [5, 5.41) is 0. The van der Waals surface area contributed by atoms with Gasteiger partial charge >= 0.3 is 0 Å². The molecular weight excluding hydrogens is 172 g/mol. The maximum absolute atomic E-state index is 5.99. The molecule has 80 valence electrons. The quantitative estimate of drug-likeness (QED) is 0.682. The molecule has 2 N–H and O–H groups in total. The first-order chi connectivity index (χ1) is 6.52. The van der Waals surface area contributed by atoms with Crippen LogP contribution in [0.25, 0.3) is 0 Å². The third-order valence-electron chi connectivity index (χ3n) is 1.96. The zero-order chi connectivity index (χ0) is 11.1. The summed E-state index contributed by atoms with van der Waals surface area (Å²) in [6, 6.07) is 0. The van der Waals surface area contributed by atoms with Gasteiger partial charge in [0.1, 0.15) is 5.82 Å². The fourth-order valence-electron chi connectivity index (χ4n) is 1.26. The third-order valence-corrected chi connectivity index (χ3v) is 1.96. The van der Waals surface area contributed by atoms with E-state index >= 15 is 0 Å². The van der Waals surface area contributed by atoms with E-state index < -0.39 is 0 Å². The lowest BCUT2D eigenvalue weighted by molar-refractivity contribution is 0.538. The number of allylic oxidation sites excluding steroid dienone is 3. The molecule has 0 aromatic heterocycles. The van der Waals surface area contributed by atoms with Crippen molar-refractivity contribution >= 4 is 0 Å². The molecule has 2 nitrogen and oxygen atoms in total. The Bertz CT molecular complexity index is 237. The van der Waals surface area contributed by atoms with Crippen LogP contribution in [0, 0.1) is 5.92 Å². The van der Waals surface area contributed by atoms with Gasteiger partial charge < -0.3 is 10.6 Å².